The first-order chi connectivity index (χ1) is 7.27. The Labute approximate surface area is 89.8 Å². The van der Waals surface area contributed by atoms with Gasteiger partial charge in [-0.25, -0.2) is 0 Å². The smallest absolute Gasteiger partial charge is 0.123 e. The van der Waals surface area contributed by atoms with Gasteiger partial charge in [-0.05, 0) is 24.3 Å². The minimum atomic E-state index is 0.112. The van der Waals surface area contributed by atoms with E-state index in [2.05, 4.69) is 0 Å². The summed E-state index contributed by atoms with van der Waals surface area (Å²) >= 11 is 0. The van der Waals surface area contributed by atoms with E-state index in [1.54, 1.807) is 0 Å². The molecule has 3 N–H and O–H groups in total. The fraction of sp³-hybridized carbons (Fsp3) is 0.417. The first-order valence-electron chi connectivity index (χ1n) is 5.27. The fourth-order valence-corrected chi connectivity index (χ4v) is 1.53. The molecule has 1 aromatic carbocycles. The van der Waals surface area contributed by atoms with Crippen molar-refractivity contribution in [3.8, 4) is 0 Å². The molecule has 3 heteroatoms. The second-order valence-electron chi connectivity index (χ2n) is 4.03. The zero-order valence-electron chi connectivity index (χ0n) is 8.70. The average molecular weight is 204 g/mol. The lowest BCUT2D eigenvalue weighted by Crippen LogP contribution is -2.14. The molecule has 1 fully saturated rings. The van der Waals surface area contributed by atoms with Gasteiger partial charge in [0.05, 0.1) is 6.61 Å². The summed E-state index contributed by atoms with van der Waals surface area (Å²) in [6, 6.07) is 7.66. The Kier molecular flexibility index (Phi) is 3.02. The summed E-state index contributed by atoms with van der Waals surface area (Å²) in [5.74, 6) is 0.884. The van der Waals surface area contributed by atoms with Gasteiger partial charge in [0.15, 0.2) is 0 Å². The van der Waals surface area contributed by atoms with Crippen LogP contribution in [0.2, 0.25) is 0 Å². The largest absolute Gasteiger partial charge is 0.384 e. The fourth-order valence-electron chi connectivity index (χ4n) is 1.53. The number of amidine groups is 1. The molecule has 0 heterocycles. The molecule has 0 amide bonds. The molecule has 0 radical (unpaired) electrons. The van der Waals surface area contributed by atoms with Crippen LogP contribution >= 0.6 is 0 Å². The maximum absolute atomic E-state index is 7.43. The van der Waals surface area contributed by atoms with E-state index >= 15 is 0 Å². The predicted molar refractivity (Wildman–Crippen MR) is 59.8 cm³/mol. The average Bonchev–Trinajstić information content (AvgIpc) is 3.02. The van der Waals surface area contributed by atoms with Gasteiger partial charge in [0.1, 0.15) is 5.84 Å². The van der Waals surface area contributed by atoms with E-state index in [0.717, 1.165) is 23.7 Å². The van der Waals surface area contributed by atoms with Gasteiger partial charge < -0.3 is 10.5 Å². The summed E-state index contributed by atoms with van der Waals surface area (Å²) in [6.45, 7) is 1.40. The van der Waals surface area contributed by atoms with Gasteiger partial charge in [-0.3, -0.25) is 5.41 Å². The van der Waals surface area contributed by atoms with Crippen LogP contribution in [0.5, 0.6) is 0 Å². The van der Waals surface area contributed by atoms with Crippen LogP contribution in [0.4, 0.5) is 0 Å². The maximum Gasteiger partial charge on any atom is 0.123 e. The molecular formula is C12H16N2O. The molecule has 80 valence electrons. The van der Waals surface area contributed by atoms with E-state index < -0.39 is 0 Å². The minimum absolute atomic E-state index is 0.112. The number of benzene rings is 1. The first-order valence-corrected chi connectivity index (χ1v) is 5.27. The van der Waals surface area contributed by atoms with Gasteiger partial charge in [0.25, 0.3) is 0 Å². The normalized spacial score (nSPS) is 15.2. The summed E-state index contributed by atoms with van der Waals surface area (Å²) in [5, 5.41) is 7.43. The van der Waals surface area contributed by atoms with E-state index in [0.29, 0.717) is 6.61 Å². The number of hydrogen-bond acceptors (Lipinski definition) is 2. The van der Waals surface area contributed by atoms with Crippen LogP contribution < -0.4 is 5.73 Å². The molecule has 1 aliphatic carbocycles. The summed E-state index contributed by atoms with van der Waals surface area (Å²) in [6.07, 6.45) is 2.60. The molecule has 0 aliphatic heterocycles. The molecule has 15 heavy (non-hydrogen) atoms. The molecule has 1 saturated carbocycles. The van der Waals surface area contributed by atoms with E-state index in [-0.39, 0.29) is 5.84 Å². The highest BCUT2D eigenvalue weighted by Crippen LogP contribution is 2.29. The Morgan fingerprint density at radius 1 is 1.40 bits per heavy atom. The Balaban J connectivity index is 1.95. The molecule has 0 spiro atoms. The maximum atomic E-state index is 7.43. The number of nitrogens with one attached hydrogen (secondary N) is 1. The molecule has 0 unspecified atom stereocenters. The summed E-state index contributed by atoms with van der Waals surface area (Å²) in [5.41, 5.74) is 7.28. The quantitative estimate of drug-likeness (QED) is 0.568. The van der Waals surface area contributed by atoms with Gasteiger partial charge in [-0.15, -0.1) is 0 Å². The van der Waals surface area contributed by atoms with Crippen molar-refractivity contribution in [1.29, 1.82) is 5.41 Å². The third-order valence-electron chi connectivity index (χ3n) is 2.62. The monoisotopic (exact) mass is 204 g/mol. The zero-order valence-corrected chi connectivity index (χ0v) is 8.70. The van der Waals surface area contributed by atoms with Crippen LogP contribution in [0.1, 0.15) is 24.0 Å². The SMILES string of the molecule is N=C(N)c1ccccc1COCC1CC1. The number of hydrogen-bond donors (Lipinski definition) is 2. The lowest BCUT2D eigenvalue weighted by Gasteiger charge is -2.08. The minimum Gasteiger partial charge on any atom is -0.384 e. The number of rotatable bonds is 5. The van der Waals surface area contributed by atoms with Crippen LogP contribution in [0.3, 0.4) is 0 Å². The number of ether oxygens (including phenoxy) is 1. The van der Waals surface area contributed by atoms with Crippen LogP contribution in [0.15, 0.2) is 24.3 Å². The number of nitrogens with two attached hydrogens (primary N) is 1. The molecule has 0 atom stereocenters. The molecule has 0 saturated heterocycles. The molecule has 0 aromatic heterocycles. The standard InChI is InChI=1S/C12H16N2O/c13-12(14)11-4-2-1-3-10(11)8-15-7-9-5-6-9/h1-4,9H,5-8H2,(H3,13,14). The third-order valence-corrected chi connectivity index (χ3v) is 2.62. The molecule has 1 aliphatic rings. The summed E-state index contributed by atoms with van der Waals surface area (Å²) in [4.78, 5) is 0. The van der Waals surface area contributed by atoms with Gasteiger partial charge in [-0.1, -0.05) is 24.3 Å². The van der Waals surface area contributed by atoms with Crippen molar-refractivity contribution >= 4 is 5.84 Å². The van der Waals surface area contributed by atoms with Crippen LogP contribution in [-0.2, 0) is 11.3 Å². The van der Waals surface area contributed by atoms with Crippen LogP contribution in [0.25, 0.3) is 0 Å². The van der Waals surface area contributed by atoms with Crippen molar-refractivity contribution in [3.05, 3.63) is 35.4 Å². The highest BCUT2D eigenvalue weighted by molar-refractivity contribution is 5.96. The lowest BCUT2D eigenvalue weighted by atomic mass is 10.1. The highest BCUT2D eigenvalue weighted by atomic mass is 16.5. The topological polar surface area (TPSA) is 59.1 Å². The number of nitrogen functional groups attached to an aromatic ring is 1. The second-order valence-corrected chi connectivity index (χ2v) is 4.03. The molecule has 3 nitrogen and oxygen atoms in total. The van der Waals surface area contributed by atoms with Gasteiger partial charge in [0, 0.05) is 12.2 Å². The highest BCUT2D eigenvalue weighted by Gasteiger charge is 2.21. The zero-order chi connectivity index (χ0) is 10.7. The van der Waals surface area contributed by atoms with E-state index in [1.807, 2.05) is 24.3 Å². The van der Waals surface area contributed by atoms with E-state index in [4.69, 9.17) is 15.9 Å². The Morgan fingerprint density at radius 3 is 2.80 bits per heavy atom. The van der Waals surface area contributed by atoms with Crippen LogP contribution in [-0.4, -0.2) is 12.4 Å². The van der Waals surface area contributed by atoms with Crippen molar-refractivity contribution in [2.24, 2.45) is 11.7 Å². The van der Waals surface area contributed by atoms with Crippen molar-refractivity contribution < 1.29 is 4.74 Å². The molecular weight excluding hydrogens is 188 g/mol. The Hall–Kier alpha value is -1.35. The van der Waals surface area contributed by atoms with E-state index in [9.17, 15) is 0 Å². The van der Waals surface area contributed by atoms with Gasteiger partial charge in [-0.2, -0.15) is 0 Å². The Bertz CT molecular complexity index is 358. The van der Waals surface area contributed by atoms with Crippen molar-refractivity contribution in [2.75, 3.05) is 6.61 Å². The molecule has 1 aromatic rings. The van der Waals surface area contributed by atoms with Gasteiger partial charge in [0.2, 0.25) is 0 Å². The van der Waals surface area contributed by atoms with Crippen molar-refractivity contribution in [1.82, 2.24) is 0 Å². The summed E-state index contributed by atoms with van der Waals surface area (Å²) in [7, 11) is 0. The third kappa shape index (κ3) is 2.80. The Morgan fingerprint density at radius 2 is 2.13 bits per heavy atom. The molecule has 2 rings (SSSR count). The van der Waals surface area contributed by atoms with Crippen molar-refractivity contribution in [2.45, 2.75) is 19.4 Å². The van der Waals surface area contributed by atoms with Gasteiger partial charge >= 0.3 is 0 Å². The van der Waals surface area contributed by atoms with E-state index in [1.165, 1.54) is 12.8 Å². The first kappa shape index (κ1) is 10.2. The van der Waals surface area contributed by atoms with Crippen molar-refractivity contribution in [3.63, 3.8) is 0 Å². The lowest BCUT2D eigenvalue weighted by molar-refractivity contribution is 0.111. The second kappa shape index (κ2) is 4.45. The predicted octanol–water partition coefficient (Wildman–Crippen LogP) is 1.90. The van der Waals surface area contributed by atoms with Crippen LogP contribution in [0, 0.1) is 11.3 Å². The summed E-state index contributed by atoms with van der Waals surface area (Å²) < 4.78 is 5.58. The molecule has 0 bridgehead atoms.